The third-order valence-corrected chi connectivity index (χ3v) is 5.59. The number of aryl methyl sites for hydroxylation is 1. The van der Waals surface area contributed by atoms with Crippen LogP contribution in [0.3, 0.4) is 0 Å². The van der Waals surface area contributed by atoms with Gasteiger partial charge in [0.05, 0.1) is 37.5 Å². The fourth-order valence-electron chi connectivity index (χ4n) is 3.14. The van der Waals surface area contributed by atoms with E-state index in [2.05, 4.69) is 4.99 Å². The van der Waals surface area contributed by atoms with E-state index in [1.165, 1.54) is 11.3 Å². The zero-order valence-electron chi connectivity index (χ0n) is 17.2. The molecular formula is C22H26N2O4S. The van der Waals surface area contributed by atoms with Crippen molar-refractivity contribution in [2.75, 3.05) is 27.4 Å². The van der Waals surface area contributed by atoms with E-state index in [9.17, 15) is 4.79 Å². The molecule has 3 rings (SSSR count). The summed E-state index contributed by atoms with van der Waals surface area (Å²) < 4.78 is 19.3. The molecule has 0 saturated carbocycles. The Morgan fingerprint density at radius 1 is 1.14 bits per heavy atom. The molecule has 0 fully saturated rings. The second-order valence-electron chi connectivity index (χ2n) is 6.56. The molecule has 0 bridgehead atoms. The predicted molar refractivity (Wildman–Crippen MR) is 115 cm³/mol. The number of carbonyl (C=O) groups excluding carboxylic acids is 1. The Hall–Kier alpha value is -2.64. The van der Waals surface area contributed by atoms with Gasteiger partial charge in [-0.25, -0.2) is 0 Å². The van der Waals surface area contributed by atoms with E-state index in [-0.39, 0.29) is 12.3 Å². The molecule has 29 heavy (non-hydrogen) atoms. The van der Waals surface area contributed by atoms with Crippen LogP contribution in [0.4, 0.5) is 0 Å². The monoisotopic (exact) mass is 414 g/mol. The maximum atomic E-state index is 12.8. The number of aromatic nitrogens is 1. The first kappa shape index (κ1) is 21.1. The molecule has 7 heteroatoms. The zero-order chi connectivity index (χ0) is 20.8. The number of nitrogens with zero attached hydrogens (tertiary/aromatic N) is 2. The molecule has 0 radical (unpaired) electrons. The van der Waals surface area contributed by atoms with Gasteiger partial charge in [0, 0.05) is 18.7 Å². The number of hydrogen-bond acceptors (Lipinski definition) is 5. The lowest BCUT2D eigenvalue weighted by Gasteiger charge is -2.08. The van der Waals surface area contributed by atoms with Crippen LogP contribution in [0.2, 0.25) is 0 Å². The Kier molecular flexibility index (Phi) is 7.06. The summed E-state index contributed by atoms with van der Waals surface area (Å²) in [5, 5.41) is 0. The first-order valence-corrected chi connectivity index (χ1v) is 10.3. The molecular weight excluding hydrogens is 388 g/mol. The van der Waals surface area contributed by atoms with Gasteiger partial charge in [-0.05, 0) is 38.1 Å². The van der Waals surface area contributed by atoms with Crippen LogP contribution < -0.4 is 14.3 Å². The van der Waals surface area contributed by atoms with Gasteiger partial charge in [0.2, 0.25) is 0 Å². The Morgan fingerprint density at radius 3 is 2.69 bits per heavy atom. The molecule has 0 atom stereocenters. The fourth-order valence-corrected chi connectivity index (χ4v) is 4.24. The van der Waals surface area contributed by atoms with Crippen LogP contribution in [0.25, 0.3) is 10.2 Å². The van der Waals surface area contributed by atoms with E-state index < -0.39 is 0 Å². The lowest BCUT2D eigenvalue weighted by molar-refractivity contribution is -0.117. The smallest absolute Gasteiger partial charge is 0.252 e. The number of amides is 1. The molecule has 1 amide bonds. The molecule has 2 aromatic carbocycles. The molecule has 0 saturated heterocycles. The van der Waals surface area contributed by atoms with Crippen molar-refractivity contribution < 1.29 is 19.0 Å². The van der Waals surface area contributed by atoms with E-state index in [1.54, 1.807) is 14.2 Å². The average Bonchev–Trinajstić information content (AvgIpc) is 3.04. The Balaban J connectivity index is 1.98. The van der Waals surface area contributed by atoms with E-state index in [0.717, 1.165) is 27.1 Å². The number of hydrogen-bond donors (Lipinski definition) is 0. The van der Waals surface area contributed by atoms with Crippen LogP contribution in [0.5, 0.6) is 11.5 Å². The Bertz CT molecular complexity index is 1070. The minimum Gasteiger partial charge on any atom is -0.497 e. The van der Waals surface area contributed by atoms with E-state index >= 15 is 0 Å². The third-order valence-electron chi connectivity index (χ3n) is 4.55. The summed E-state index contributed by atoms with van der Waals surface area (Å²) in [5.74, 6) is 1.26. The molecule has 0 aliphatic heterocycles. The van der Waals surface area contributed by atoms with Gasteiger partial charge in [-0.1, -0.05) is 29.0 Å². The van der Waals surface area contributed by atoms with Crippen LogP contribution in [0.15, 0.2) is 41.4 Å². The summed E-state index contributed by atoms with van der Waals surface area (Å²) in [6.07, 6.45) is 0.188. The molecule has 1 aromatic heterocycles. The van der Waals surface area contributed by atoms with Crippen LogP contribution in [0, 0.1) is 6.92 Å². The van der Waals surface area contributed by atoms with E-state index in [0.29, 0.717) is 30.3 Å². The zero-order valence-corrected chi connectivity index (χ0v) is 18.0. The maximum absolute atomic E-state index is 12.8. The van der Waals surface area contributed by atoms with Crippen LogP contribution >= 0.6 is 11.3 Å². The summed E-state index contributed by atoms with van der Waals surface area (Å²) in [7, 11) is 3.25. The van der Waals surface area contributed by atoms with Crippen molar-refractivity contribution in [3.63, 3.8) is 0 Å². The van der Waals surface area contributed by atoms with E-state index in [1.807, 2.05) is 54.8 Å². The van der Waals surface area contributed by atoms with Gasteiger partial charge in [0.25, 0.3) is 5.91 Å². The quantitative estimate of drug-likeness (QED) is 0.527. The molecule has 1 heterocycles. The molecule has 0 aliphatic carbocycles. The van der Waals surface area contributed by atoms with Gasteiger partial charge >= 0.3 is 0 Å². The molecule has 0 N–H and O–H groups in total. The number of rotatable bonds is 8. The van der Waals surface area contributed by atoms with Gasteiger partial charge in [-0.15, -0.1) is 0 Å². The number of thiazole rings is 1. The van der Waals surface area contributed by atoms with Crippen molar-refractivity contribution in [2.45, 2.75) is 26.8 Å². The number of methoxy groups -OCH3 is 2. The van der Waals surface area contributed by atoms with Gasteiger partial charge < -0.3 is 18.8 Å². The third kappa shape index (κ3) is 5.05. The molecule has 0 spiro atoms. The molecule has 0 aliphatic rings. The summed E-state index contributed by atoms with van der Waals surface area (Å²) in [5.41, 5.74) is 2.93. The average molecular weight is 415 g/mol. The largest absolute Gasteiger partial charge is 0.497 e. The number of ether oxygens (including phenoxy) is 3. The van der Waals surface area contributed by atoms with Crippen molar-refractivity contribution in [1.29, 1.82) is 0 Å². The highest BCUT2D eigenvalue weighted by Gasteiger charge is 2.12. The van der Waals surface area contributed by atoms with Gasteiger partial charge in [-0.2, -0.15) is 4.99 Å². The van der Waals surface area contributed by atoms with Crippen molar-refractivity contribution in [3.05, 3.63) is 52.3 Å². The number of benzene rings is 2. The lowest BCUT2D eigenvalue weighted by atomic mass is 10.1. The standard InChI is InChI=1S/C22H26N2O4S/c1-5-28-11-10-24-18-8-7-17(26-3)14-20(18)29-22(24)23-21(25)13-16-12-15(2)6-9-19(16)27-4/h6-9,12,14H,5,10-11,13H2,1-4H3. The van der Waals surface area contributed by atoms with Crippen molar-refractivity contribution in [3.8, 4) is 11.5 Å². The fraction of sp³-hybridized carbons (Fsp3) is 0.364. The van der Waals surface area contributed by atoms with Gasteiger partial charge in [-0.3, -0.25) is 4.79 Å². The second kappa shape index (κ2) is 9.71. The Morgan fingerprint density at radius 2 is 1.97 bits per heavy atom. The maximum Gasteiger partial charge on any atom is 0.252 e. The lowest BCUT2D eigenvalue weighted by Crippen LogP contribution is -2.20. The summed E-state index contributed by atoms with van der Waals surface area (Å²) in [4.78, 5) is 17.8. The predicted octanol–water partition coefficient (Wildman–Crippen LogP) is 3.73. The minimum absolute atomic E-state index is 0.188. The van der Waals surface area contributed by atoms with Gasteiger partial charge in [0.1, 0.15) is 11.5 Å². The first-order valence-electron chi connectivity index (χ1n) is 9.52. The number of carbonyl (C=O) groups is 1. The first-order chi connectivity index (χ1) is 14.0. The van der Waals surface area contributed by atoms with E-state index in [4.69, 9.17) is 14.2 Å². The highest BCUT2D eigenvalue weighted by molar-refractivity contribution is 7.16. The molecule has 6 nitrogen and oxygen atoms in total. The van der Waals surface area contributed by atoms with Gasteiger partial charge in [0.15, 0.2) is 4.80 Å². The van der Waals surface area contributed by atoms with Crippen LogP contribution in [-0.2, 0) is 22.5 Å². The van der Waals surface area contributed by atoms with Crippen LogP contribution in [-0.4, -0.2) is 37.9 Å². The topological polar surface area (TPSA) is 62.1 Å². The normalized spacial score (nSPS) is 11.8. The summed E-state index contributed by atoms with van der Waals surface area (Å²) >= 11 is 1.47. The van der Waals surface area contributed by atoms with Crippen molar-refractivity contribution >= 4 is 27.5 Å². The minimum atomic E-state index is -0.211. The summed E-state index contributed by atoms with van der Waals surface area (Å²) in [6.45, 7) is 5.79. The summed E-state index contributed by atoms with van der Waals surface area (Å²) in [6, 6.07) is 11.7. The van der Waals surface area contributed by atoms with Crippen LogP contribution in [0.1, 0.15) is 18.1 Å². The highest BCUT2D eigenvalue weighted by Crippen LogP contribution is 2.24. The molecule has 154 valence electrons. The number of fused-ring (bicyclic) bond motifs is 1. The van der Waals surface area contributed by atoms with Crippen molar-refractivity contribution in [2.24, 2.45) is 4.99 Å². The SMILES string of the molecule is CCOCCn1c(=NC(=O)Cc2cc(C)ccc2OC)sc2cc(OC)ccc21. The highest BCUT2D eigenvalue weighted by atomic mass is 32.1. The molecule has 0 unspecified atom stereocenters. The Labute approximate surface area is 174 Å². The second-order valence-corrected chi connectivity index (χ2v) is 7.57. The van der Waals surface area contributed by atoms with Crippen molar-refractivity contribution in [1.82, 2.24) is 4.57 Å². The molecule has 3 aromatic rings.